The van der Waals surface area contributed by atoms with Crippen molar-refractivity contribution in [1.29, 1.82) is 0 Å². The maximum absolute atomic E-state index is 10.7. The molecule has 0 aliphatic carbocycles. The van der Waals surface area contributed by atoms with Crippen LogP contribution in [0.3, 0.4) is 0 Å². The van der Waals surface area contributed by atoms with Crippen LogP contribution >= 0.6 is 0 Å². The van der Waals surface area contributed by atoms with E-state index < -0.39 is 5.97 Å². The van der Waals surface area contributed by atoms with Crippen LogP contribution in [0.4, 0.5) is 0 Å². The molecular formula is C12H22O2. The summed E-state index contributed by atoms with van der Waals surface area (Å²) in [6.07, 6.45) is 6.64. The van der Waals surface area contributed by atoms with Crippen molar-refractivity contribution in [3.8, 4) is 0 Å². The number of carboxylic acids is 1. The Morgan fingerprint density at radius 1 is 1.14 bits per heavy atom. The van der Waals surface area contributed by atoms with Gasteiger partial charge in [-0.1, -0.05) is 38.7 Å². The van der Waals surface area contributed by atoms with Gasteiger partial charge in [-0.25, -0.2) is 4.79 Å². The number of hydrogen-bond donors (Lipinski definition) is 1. The van der Waals surface area contributed by atoms with E-state index in [-0.39, 0.29) is 0 Å². The summed E-state index contributed by atoms with van der Waals surface area (Å²) in [5.41, 5.74) is 1.65. The zero-order valence-electron chi connectivity index (χ0n) is 9.60. The lowest BCUT2D eigenvalue weighted by Crippen LogP contribution is -2.01. The maximum atomic E-state index is 10.7. The normalized spacial score (nSPS) is 12.5. The van der Waals surface area contributed by atoms with Crippen LogP contribution in [0.5, 0.6) is 0 Å². The Kier molecular flexibility index (Phi) is 7.17. The summed E-state index contributed by atoms with van der Waals surface area (Å²) in [6.45, 7) is 5.92. The Morgan fingerprint density at radius 2 is 1.79 bits per heavy atom. The monoisotopic (exact) mass is 198 g/mol. The Bertz CT molecular complexity index is 204. The minimum absolute atomic E-state index is 0.545. The topological polar surface area (TPSA) is 37.3 Å². The molecule has 0 atom stereocenters. The van der Waals surface area contributed by atoms with Gasteiger partial charge in [0.05, 0.1) is 0 Å². The van der Waals surface area contributed by atoms with E-state index in [9.17, 15) is 4.79 Å². The van der Waals surface area contributed by atoms with Gasteiger partial charge in [0.1, 0.15) is 0 Å². The second-order valence-corrected chi connectivity index (χ2v) is 3.70. The first-order valence-electron chi connectivity index (χ1n) is 5.55. The van der Waals surface area contributed by atoms with Crippen LogP contribution < -0.4 is 0 Å². The molecule has 0 saturated carbocycles. The van der Waals surface area contributed by atoms with Crippen molar-refractivity contribution in [3.05, 3.63) is 11.1 Å². The Balaban J connectivity index is 4.02. The van der Waals surface area contributed by atoms with Crippen molar-refractivity contribution in [3.63, 3.8) is 0 Å². The molecule has 1 N–H and O–H groups in total. The molecule has 0 heterocycles. The molecule has 0 fully saturated rings. The molecule has 0 aliphatic heterocycles. The van der Waals surface area contributed by atoms with Crippen LogP contribution in [0.2, 0.25) is 0 Å². The molecule has 0 aromatic carbocycles. The van der Waals surface area contributed by atoms with Gasteiger partial charge in [-0.2, -0.15) is 0 Å². The number of unbranched alkanes of at least 4 members (excludes halogenated alkanes) is 3. The van der Waals surface area contributed by atoms with Gasteiger partial charge >= 0.3 is 5.97 Å². The van der Waals surface area contributed by atoms with Gasteiger partial charge < -0.3 is 5.11 Å². The fourth-order valence-corrected chi connectivity index (χ4v) is 1.55. The van der Waals surface area contributed by atoms with E-state index in [0.717, 1.165) is 24.8 Å². The van der Waals surface area contributed by atoms with Crippen molar-refractivity contribution in [2.24, 2.45) is 0 Å². The molecule has 0 aromatic heterocycles. The molecule has 2 nitrogen and oxygen atoms in total. The second kappa shape index (κ2) is 7.60. The highest BCUT2D eigenvalue weighted by atomic mass is 16.4. The zero-order valence-corrected chi connectivity index (χ0v) is 9.60. The highest BCUT2D eigenvalue weighted by Gasteiger charge is 2.06. The molecule has 0 unspecified atom stereocenters. The summed E-state index contributed by atoms with van der Waals surface area (Å²) >= 11 is 0. The van der Waals surface area contributed by atoms with Crippen molar-refractivity contribution in [1.82, 2.24) is 0 Å². The first kappa shape index (κ1) is 13.2. The third-order valence-corrected chi connectivity index (χ3v) is 2.61. The predicted molar refractivity (Wildman–Crippen MR) is 59.4 cm³/mol. The molecular weight excluding hydrogens is 176 g/mol. The lowest BCUT2D eigenvalue weighted by atomic mass is 10.00. The molecule has 82 valence electrons. The summed E-state index contributed by atoms with van der Waals surface area (Å²) in [5, 5.41) is 8.83. The van der Waals surface area contributed by atoms with Gasteiger partial charge in [-0.15, -0.1) is 0 Å². The molecule has 0 spiro atoms. The van der Waals surface area contributed by atoms with Crippen molar-refractivity contribution >= 4 is 5.97 Å². The molecule has 0 saturated heterocycles. The molecule has 0 amide bonds. The summed E-state index contributed by atoms with van der Waals surface area (Å²) < 4.78 is 0. The van der Waals surface area contributed by atoms with Crippen molar-refractivity contribution < 1.29 is 9.90 Å². The van der Waals surface area contributed by atoms with Gasteiger partial charge in [-0.05, 0) is 26.2 Å². The highest BCUT2D eigenvalue weighted by Crippen LogP contribution is 2.17. The number of aliphatic carboxylic acids is 1. The van der Waals surface area contributed by atoms with E-state index >= 15 is 0 Å². The van der Waals surface area contributed by atoms with E-state index in [1.807, 2.05) is 6.92 Å². The number of allylic oxidation sites excluding steroid dienone is 1. The molecule has 0 bridgehead atoms. The number of rotatable bonds is 7. The quantitative estimate of drug-likeness (QED) is 0.499. The highest BCUT2D eigenvalue weighted by molar-refractivity contribution is 5.86. The zero-order chi connectivity index (χ0) is 11.0. The summed E-state index contributed by atoms with van der Waals surface area (Å²) in [5.74, 6) is -0.766. The first-order valence-corrected chi connectivity index (χ1v) is 5.55. The third-order valence-electron chi connectivity index (χ3n) is 2.61. The van der Waals surface area contributed by atoms with Gasteiger partial charge in [0.15, 0.2) is 0 Å². The smallest absolute Gasteiger partial charge is 0.331 e. The van der Waals surface area contributed by atoms with Gasteiger partial charge in [0.2, 0.25) is 0 Å². The van der Waals surface area contributed by atoms with E-state index in [2.05, 4.69) is 6.92 Å². The number of hydrogen-bond acceptors (Lipinski definition) is 1. The van der Waals surface area contributed by atoms with Crippen LogP contribution in [0.1, 0.15) is 59.3 Å². The fourth-order valence-electron chi connectivity index (χ4n) is 1.55. The lowest BCUT2D eigenvalue weighted by Gasteiger charge is -2.06. The molecule has 2 heteroatoms. The minimum Gasteiger partial charge on any atom is -0.478 e. The summed E-state index contributed by atoms with van der Waals surface area (Å²) in [4.78, 5) is 10.7. The van der Waals surface area contributed by atoms with Crippen molar-refractivity contribution in [2.75, 3.05) is 0 Å². The van der Waals surface area contributed by atoms with Crippen LogP contribution in [-0.2, 0) is 4.79 Å². The average molecular weight is 198 g/mol. The standard InChI is InChI=1S/C12H22O2/c1-4-6-7-8-9-11(5-2)10(3)12(13)14/h4-9H2,1-3H3,(H,13,14)/b11-10+. The SMILES string of the molecule is CCCCCC/C(CC)=C(\C)C(=O)O. The Labute approximate surface area is 87.0 Å². The Morgan fingerprint density at radius 3 is 2.21 bits per heavy atom. The Hall–Kier alpha value is -0.790. The molecule has 0 radical (unpaired) electrons. The molecule has 14 heavy (non-hydrogen) atoms. The second-order valence-electron chi connectivity index (χ2n) is 3.70. The van der Waals surface area contributed by atoms with E-state index in [1.54, 1.807) is 6.92 Å². The lowest BCUT2D eigenvalue weighted by molar-refractivity contribution is -0.132. The first-order chi connectivity index (χ1) is 6.63. The maximum Gasteiger partial charge on any atom is 0.331 e. The molecule has 0 rings (SSSR count). The van der Waals surface area contributed by atoms with E-state index in [4.69, 9.17) is 5.11 Å². The van der Waals surface area contributed by atoms with Crippen LogP contribution in [0, 0.1) is 0 Å². The van der Waals surface area contributed by atoms with E-state index in [1.165, 1.54) is 19.3 Å². The van der Waals surface area contributed by atoms with Gasteiger partial charge in [0, 0.05) is 5.57 Å². The van der Waals surface area contributed by atoms with E-state index in [0.29, 0.717) is 5.57 Å². The number of carboxylic acid groups (broad SMARTS) is 1. The molecule has 0 aliphatic rings. The van der Waals surface area contributed by atoms with Gasteiger partial charge in [-0.3, -0.25) is 0 Å². The van der Waals surface area contributed by atoms with Gasteiger partial charge in [0.25, 0.3) is 0 Å². The summed E-state index contributed by atoms with van der Waals surface area (Å²) in [7, 11) is 0. The van der Waals surface area contributed by atoms with Crippen LogP contribution in [-0.4, -0.2) is 11.1 Å². The minimum atomic E-state index is -0.766. The van der Waals surface area contributed by atoms with Crippen LogP contribution in [0.15, 0.2) is 11.1 Å². The third kappa shape index (κ3) is 5.05. The number of carbonyl (C=O) groups is 1. The van der Waals surface area contributed by atoms with Crippen LogP contribution in [0.25, 0.3) is 0 Å². The average Bonchev–Trinajstić information content (AvgIpc) is 2.17. The summed E-state index contributed by atoms with van der Waals surface area (Å²) in [6, 6.07) is 0. The molecule has 0 aromatic rings. The van der Waals surface area contributed by atoms with Crippen molar-refractivity contribution in [2.45, 2.75) is 59.3 Å². The fraction of sp³-hybridized carbons (Fsp3) is 0.750. The largest absolute Gasteiger partial charge is 0.478 e. The predicted octanol–water partition coefficient (Wildman–Crippen LogP) is 3.77.